The van der Waals surface area contributed by atoms with Crippen LogP contribution < -0.4 is 15.4 Å². The van der Waals surface area contributed by atoms with Gasteiger partial charge in [0, 0.05) is 17.8 Å². The van der Waals surface area contributed by atoms with E-state index in [4.69, 9.17) is 4.74 Å². The summed E-state index contributed by atoms with van der Waals surface area (Å²) in [6.07, 6.45) is 0. The van der Waals surface area contributed by atoms with Gasteiger partial charge in [0.05, 0.1) is 16.2 Å². The van der Waals surface area contributed by atoms with Gasteiger partial charge in [-0.1, -0.05) is 36.4 Å². The lowest BCUT2D eigenvalue weighted by Gasteiger charge is -2.12. The van der Waals surface area contributed by atoms with Gasteiger partial charge in [0.25, 0.3) is 17.5 Å². The highest BCUT2D eigenvalue weighted by atomic mass is 16.6. The maximum atomic E-state index is 12.6. The molecule has 0 aliphatic rings. The lowest BCUT2D eigenvalue weighted by molar-refractivity contribution is -0.384. The number of non-ortho nitro benzene ring substituents is 1. The van der Waals surface area contributed by atoms with Crippen LogP contribution in [0.5, 0.6) is 5.75 Å². The number of anilines is 2. The Hall–Kier alpha value is -4.20. The highest BCUT2D eigenvalue weighted by molar-refractivity contribution is 6.06. The molecule has 3 aromatic carbocycles. The van der Waals surface area contributed by atoms with Crippen molar-refractivity contribution in [3.05, 3.63) is 94.0 Å². The van der Waals surface area contributed by atoms with Crippen LogP contribution in [0.3, 0.4) is 0 Å². The molecule has 0 aromatic heterocycles. The van der Waals surface area contributed by atoms with Crippen molar-refractivity contribution < 1.29 is 19.2 Å². The zero-order chi connectivity index (χ0) is 21.5. The zero-order valence-corrected chi connectivity index (χ0v) is 16.1. The third-order valence-electron chi connectivity index (χ3n) is 4.23. The van der Waals surface area contributed by atoms with Gasteiger partial charge in [-0.25, -0.2) is 0 Å². The van der Waals surface area contributed by atoms with Crippen LogP contribution >= 0.6 is 0 Å². The summed E-state index contributed by atoms with van der Waals surface area (Å²) in [4.78, 5) is 35.2. The van der Waals surface area contributed by atoms with Crippen LogP contribution in [-0.2, 0) is 4.79 Å². The second kappa shape index (κ2) is 9.33. The van der Waals surface area contributed by atoms with E-state index >= 15 is 0 Å². The Bertz CT molecular complexity index is 1080. The smallest absolute Gasteiger partial charge is 0.271 e. The Kier molecular flexibility index (Phi) is 6.39. The van der Waals surface area contributed by atoms with E-state index < -0.39 is 10.8 Å². The first-order chi connectivity index (χ1) is 14.4. The molecule has 152 valence electrons. The standard InChI is InChI=1S/C22H19N3O5/c1-15-11-12-17(25(28)29)13-19(15)24-21(26)14-30-20-10-6-5-9-18(20)22(27)23-16-7-3-2-4-8-16/h2-13H,14H2,1H3,(H,23,27)(H,24,26). The number of nitro groups is 1. The predicted octanol–water partition coefficient (Wildman–Crippen LogP) is 4.17. The number of ether oxygens (including phenoxy) is 1. The Morgan fingerprint density at radius 1 is 0.967 bits per heavy atom. The number of carbonyl (C=O) groups excluding carboxylic acids is 2. The van der Waals surface area contributed by atoms with E-state index in [9.17, 15) is 19.7 Å². The van der Waals surface area contributed by atoms with Crippen molar-refractivity contribution in [2.75, 3.05) is 17.2 Å². The molecule has 8 nitrogen and oxygen atoms in total. The maximum absolute atomic E-state index is 12.6. The average Bonchev–Trinajstić information content (AvgIpc) is 2.74. The van der Waals surface area contributed by atoms with E-state index in [1.54, 1.807) is 61.5 Å². The monoisotopic (exact) mass is 405 g/mol. The van der Waals surface area contributed by atoms with Crippen LogP contribution in [0.15, 0.2) is 72.8 Å². The number of hydrogen-bond donors (Lipinski definition) is 2. The maximum Gasteiger partial charge on any atom is 0.271 e. The number of nitrogens with zero attached hydrogens (tertiary/aromatic N) is 1. The van der Waals surface area contributed by atoms with Gasteiger partial charge < -0.3 is 15.4 Å². The molecule has 0 aliphatic heterocycles. The molecule has 0 spiro atoms. The van der Waals surface area contributed by atoms with Crippen LogP contribution in [-0.4, -0.2) is 23.3 Å². The summed E-state index contributed by atoms with van der Waals surface area (Å²) in [6.45, 7) is 1.36. The summed E-state index contributed by atoms with van der Waals surface area (Å²) in [5, 5.41) is 16.3. The second-order valence-corrected chi connectivity index (χ2v) is 6.41. The van der Waals surface area contributed by atoms with Crippen LogP contribution in [0.2, 0.25) is 0 Å². The van der Waals surface area contributed by atoms with E-state index in [1.807, 2.05) is 6.07 Å². The SMILES string of the molecule is Cc1ccc([N+](=O)[O-])cc1NC(=O)COc1ccccc1C(=O)Nc1ccccc1. The molecule has 0 aliphatic carbocycles. The Morgan fingerprint density at radius 2 is 1.67 bits per heavy atom. The third kappa shape index (κ3) is 5.20. The molecule has 8 heteroatoms. The fraction of sp³-hybridized carbons (Fsp3) is 0.0909. The van der Waals surface area contributed by atoms with Crippen molar-refractivity contribution in [3.8, 4) is 5.75 Å². The summed E-state index contributed by atoms with van der Waals surface area (Å²) in [6, 6.07) is 19.7. The topological polar surface area (TPSA) is 111 Å². The molecule has 2 amide bonds. The molecule has 0 bridgehead atoms. The van der Waals surface area contributed by atoms with Crippen molar-refractivity contribution in [1.29, 1.82) is 0 Å². The number of amides is 2. The molecule has 3 aromatic rings. The number of nitrogens with one attached hydrogen (secondary N) is 2. The average molecular weight is 405 g/mol. The number of para-hydroxylation sites is 2. The molecule has 0 radical (unpaired) electrons. The number of carbonyl (C=O) groups is 2. The van der Waals surface area contributed by atoms with Crippen molar-refractivity contribution in [1.82, 2.24) is 0 Å². The molecular weight excluding hydrogens is 386 g/mol. The first kappa shape index (κ1) is 20.5. The minimum Gasteiger partial charge on any atom is -0.483 e. The predicted molar refractivity (Wildman–Crippen MR) is 113 cm³/mol. The van der Waals surface area contributed by atoms with Crippen LogP contribution in [0.25, 0.3) is 0 Å². The first-order valence-electron chi connectivity index (χ1n) is 9.07. The van der Waals surface area contributed by atoms with Crippen LogP contribution in [0, 0.1) is 17.0 Å². The molecule has 0 saturated heterocycles. The van der Waals surface area contributed by atoms with Gasteiger partial charge in [-0.15, -0.1) is 0 Å². The Labute approximate surface area is 172 Å². The largest absolute Gasteiger partial charge is 0.483 e. The van der Waals surface area contributed by atoms with Gasteiger partial charge in [0.15, 0.2) is 6.61 Å². The number of aryl methyl sites for hydroxylation is 1. The van der Waals surface area contributed by atoms with E-state index in [2.05, 4.69) is 10.6 Å². The van der Waals surface area contributed by atoms with Crippen molar-refractivity contribution in [3.63, 3.8) is 0 Å². The number of hydrogen-bond acceptors (Lipinski definition) is 5. The summed E-state index contributed by atoms with van der Waals surface area (Å²) < 4.78 is 5.54. The summed E-state index contributed by atoms with van der Waals surface area (Å²) in [5.41, 5.74) is 1.79. The summed E-state index contributed by atoms with van der Waals surface area (Å²) in [7, 11) is 0. The highest BCUT2D eigenvalue weighted by Gasteiger charge is 2.15. The van der Waals surface area contributed by atoms with E-state index in [0.29, 0.717) is 16.9 Å². The number of rotatable bonds is 7. The van der Waals surface area contributed by atoms with Gasteiger partial charge >= 0.3 is 0 Å². The lowest BCUT2D eigenvalue weighted by Crippen LogP contribution is -2.22. The number of nitro benzene ring substituents is 1. The lowest BCUT2D eigenvalue weighted by atomic mass is 10.1. The van der Waals surface area contributed by atoms with Crippen molar-refractivity contribution >= 4 is 28.9 Å². The van der Waals surface area contributed by atoms with Gasteiger partial charge in [-0.3, -0.25) is 19.7 Å². The van der Waals surface area contributed by atoms with Crippen LogP contribution in [0.1, 0.15) is 15.9 Å². The molecular formula is C22H19N3O5. The first-order valence-corrected chi connectivity index (χ1v) is 9.07. The fourth-order valence-corrected chi connectivity index (χ4v) is 2.69. The van der Waals surface area contributed by atoms with E-state index in [-0.39, 0.29) is 29.5 Å². The Balaban J connectivity index is 1.66. The minimum absolute atomic E-state index is 0.125. The van der Waals surface area contributed by atoms with Crippen LogP contribution in [0.4, 0.5) is 17.1 Å². The molecule has 0 saturated carbocycles. The van der Waals surface area contributed by atoms with Gasteiger partial charge in [0.1, 0.15) is 5.75 Å². The Morgan fingerprint density at radius 3 is 2.40 bits per heavy atom. The van der Waals surface area contributed by atoms with Gasteiger partial charge in [-0.05, 0) is 36.8 Å². The number of benzene rings is 3. The second-order valence-electron chi connectivity index (χ2n) is 6.41. The van der Waals surface area contributed by atoms with Gasteiger partial charge in [-0.2, -0.15) is 0 Å². The van der Waals surface area contributed by atoms with Gasteiger partial charge in [0.2, 0.25) is 0 Å². The molecule has 0 unspecified atom stereocenters. The minimum atomic E-state index is -0.535. The van der Waals surface area contributed by atoms with Crippen molar-refractivity contribution in [2.45, 2.75) is 6.92 Å². The molecule has 2 N–H and O–H groups in total. The molecule has 3 rings (SSSR count). The summed E-state index contributed by atoms with van der Waals surface area (Å²) in [5.74, 6) is -0.625. The molecule has 0 fully saturated rings. The molecule has 0 heterocycles. The molecule has 30 heavy (non-hydrogen) atoms. The quantitative estimate of drug-likeness (QED) is 0.453. The van der Waals surface area contributed by atoms with Crippen molar-refractivity contribution in [2.24, 2.45) is 0 Å². The highest BCUT2D eigenvalue weighted by Crippen LogP contribution is 2.23. The van der Waals surface area contributed by atoms with E-state index in [0.717, 1.165) is 0 Å². The normalized spacial score (nSPS) is 10.2. The molecule has 0 atom stereocenters. The summed E-state index contributed by atoms with van der Waals surface area (Å²) >= 11 is 0. The fourth-order valence-electron chi connectivity index (χ4n) is 2.69. The van der Waals surface area contributed by atoms with E-state index in [1.165, 1.54) is 12.1 Å². The third-order valence-corrected chi connectivity index (χ3v) is 4.23. The zero-order valence-electron chi connectivity index (χ0n) is 16.1.